The lowest BCUT2D eigenvalue weighted by atomic mass is 10.1. The Morgan fingerprint density at radius 2 is 1.23 bits per heavy atom. The molecule has 1 aliphatic heterocycles. The Morgan fingerprint density at radius 3 is 1.81 bits per heavy atom. The lowest BCUT2D eigenvalue weighted by Gasteiger charge is -2.25. The number of ether oxygens (including phenoxy) is 5. The molecule has 0 radical (unpaired) electrons. The number of carbonyl (C=O) groups is 3. The molecule has 1 fully saturated rings. The van der Waals surface area contributed by atoms with Crippen LogP contribution in [0, 0.1) is 0 Å². The highest BCUT2D eigenvalue weighted by Gasteiger charge is 2.52. The van der Waals surface area contributed by atoms with Gasteiger partial charge >= 0.3 is 17.9 Å². The Morgan fingerprint density at radius 1 is 0.698 bits per heavy atom. The number of nitrogens with zero attached hydrogens (tertiary/aromatic N) is 4. The van der Waals surface area contributed by atoms with E-state index in [0.717, 1.165) is 16.3 Å². The largest absolute Gasteiger partial charge is 0.471 e. The number of fused-ring (bicyclic) bond motifs is 1. The van der Waals surface area contributed by atoms with E-state index in [4.69, 9.17) is 29.4 Å². The molecule has 53 heavy (non-hydrogen) atoms. The number of hydrogen-bond donors (Lipinski definition) is 1. The topological polar surface area (TPSA) is 184 Å². The highest BCUT2D eigenvalue weighted by molar-refractivity contribution is 5.91. The van der Waals surface area contributed by atoms with Crippen molar-refractivity contribution in [2.45, 2.75) is 31.1 Å². The molecular formula is C39H31N5O9. The zero-order valence-electron chi connectivity index (χ0n) is 27.9. The van der Waals surface area contributed by atoms with Gasteiger partial charge in [-0.1, -0.05) is 84.9 Å². The summed E-state index contributed by atoms with van der Waals surface area (Å²) in [6, 6.07) is 33.7. The number of anilines is 1. The molecule has 0 bridgehead atoms. The molecule has 2 aromatic heterocycles. The van der Waals surface area contributed by atoms with E-state index in [-0.39, 0.29) is 46.3 Å². The van der Waals surface area contributed by atoms with Crippen LogP contribution in [0.25, 0.3) is 11.2 Å². The fourth-order valence-corrected chi connectivity index (χ4v) is 5.74. The van der Waals surface area contributed by atoms with Crippen molar-refractivity contribution in [3.05, 3.63) is 160 Å². The van der Waals surface area contributed by atoms with Crippen LogP contribution < -0.4 is 16.0 Å². The Balaban J connectivity index is 1.31. The van der Waals surface area contributed by atoms with E-state index < -0.39 is 54.6 Å². The fourth-order valence-electron chi connectivity index (χ4n) is 5.74. The predicted octanol–water partition coefficient (Wildman–Crippen LogP) is 4.55. The summed E-state index contributed by atoms with van der Waals surface area (Å²) in [6.45, 7) is -0.368. The van der Waals surface area contributed by atoms with Crippen LogP contribution in [0.1, 0.15) is 42.9 Å². The van der Waals surface area contributed by atoms with Crippen LogP contribution in [-0.4, -0.2) is 62.3 Å². The Bertz CT molecular complexity index is 2290. The minimum absolute atomic E-state index is 0.0265. The van der Waals surface area contributed by atoms with Gasteiger partial charge in [0.2, 0.25) is 11.8 Å². The second-order valence-corrected chi connectivity index (χ2v) is 11.8. The minimum Gasteiger partial charge on any atom is -0.471 e. The first-order valence-electron chi connectivity index (χ1n) is 16.5. The number of esters is 3. The van der Waals surface area contributed by atoms with E-state index in [1.54, 1.807) is 78.9 Å². The maximum Gasteiger partial charge on any atom is 0.338 e. The standard InChI is InChI=1S/C39H31N5O9/c40-39-42-33-30(34(43-39)49-22-24-13-5-1-6-14-24)41-21-29(45)44(33)35-32(53-38(48)27-19-11-4-12-20-27)31(52-37(47)26-17-9-3-10-18-26)28(51-35)23-50-36(46)25-15-7-2-8-16-25/h1-21,28,31-32,35H,22-23H2,(H2,40,42,43)/t28-,31?,32+,35-/m1/s1. The van der Waals surface area contributed by atoms with E-state index in [0.29, 0.717) is 0 Å². The van der Waals surface area contributed by atoms with Gasteiger partial charge in [-0.05, 0) is 42.0 Å². The Labute approximate surface area is 301 Å². The third-order valence-electron chi connectivity index (χ3n) is 8.27. The number of carbonyl (C=O) groups excluding carboxylic acids is 3. The normalized spacial score (nSPS) is 17.9. The predicted molar refractivity (Wildman–Crippen MR) is 189 cm³/mol. The summed E-state index contributed by atoms with van der Waals surface area (Å²) in [7, 11) is 0. The zero-order chi connectivity index (χ0) is 36.7. The zero-order valence-corrected chi connectivity index (χ0v) is 27.9. The van der Waals surface area contributed by atoms with Gasteiger partial charge in [0, 0.05) is 0 Å². The molecule has 14 heteroatoms. The molecule has 0 aliphatic carbocycles. The van der Waals surface area contributed by atoms with Crippen molar-refractivity contribution >= 4 is 35.0 Å². The van der Waals surface area contributed by atoms with Gasteiger partial charge in [-0.25, -0.2) is 19.4 Å². The second-order valence-electron chi connectivity index (χ2n) is 11.8. The second kappa shape index (κ2) is 15.5. The van der Waals surface area contributed by atoms with Crippen LogP contribution in [-0.2, 0) is 25.6 Å². The van der Waals surface area contributed by atoms with Gasteiger partial charge in [0.15, 0.2) is 29.6 Å². The summed E-state index contributed by atoms with van der Waals surface area (Å²) < 4.78 is 31.1. The number of hydrogen-bond acceptors (Lipinski definition) is 13. The maximum atomic E-state index is 13.8. The molecule has 1 saturated heterocycles. The molecule has 4 atom stereocenters. The highest BCUT2D eigenvalue weighted by Crippen LogP contribution is 2.36. The van der Waals surface area contributed by atoms with Gasteiger partial charge in [0.05, 0.1) is 22.9 Å². The summed E-state index contributed by atoms with van der Waals surface area (Å²) in [4.78, 5) is 66.8. The quantitative estimate of drug-likeness (QED) is 0.146. The van der Waals surface area contributed by atoms with E-state index in [2.05, 4.69) is 15.0 Å². The van der Waals surface area contributed by atoms with Crippen LogP contribution >= 0.6 is 0 Å². The molecule has 4 aromatic carbocycles. The molecular weight excluding hydrogens is 682 g/mol. The molecule has 0 saturated carbocycles. The molecule has 266 valence electrons. The van der Waals surface area contributed by atoms with Crippen LogP contribution in [0.3, 0.4) is 0 Å². The van der Waals surface area contributed by atoms with Crippen LogP contribution in [0.4, 0.5) is 5.95 Å². The number of rotatable bonds is 11. The molecule has 2 N–H and O–H groups in total. The van der Waals surface area contributed by atoms with E-state index in [1.165, 1.54) is 12.1 Å². The molecule has 0 amide bonds. The van der Waals surface area contributed by atoms with Crippen molar-refractivity contribution in [2.75, 3.05) is 12.3 Å². The molecule has 6 aromatic rings. The number of benzene rings is 4. The van der Waals surface area contributed by atoms with Crippen LogP contribution in [0.15, 0.2) is 132 Å². The summed E-state index contributed by atoms with van der Waals surface area (Å²) in [5.41, 5.74) is 6.78. The SMILES string of the molecule is Nc1nc(OCc2ccccc2)c2ncc(=O)n([C@@H]3O[C@H](COC(=O)c4ccccc4)C(OC(=O)c4ccccc4)[C@@H]3OC(=O)c3ccccc3)c2n1. The van der Waals surface area contributed by atoms with Crippen molar-refractivity contribution in [3.63, 3.8) is 0 Å². The molecule has 1 unspecified atom stereocenters. The monoisotopic (exact) mass is 713 g/mol. The Hall–Kier alpha value is -6.93. The lowest BCUT2D eigenvalue weighted by molar-refractivity contribution is -0.0618. The molecule has 14 nitrogen and oxygen atoms in total. The van der Waals surface area contributed by atoms with Crippen molar-refractivity contribution in [1.82, 2.24) is 19.5 Å². The van der Waals surface area contributed by atoms with Gasteiger partial charge < -0.3 is 29.4 Å². The van der Waals surface area contributed by atoms with Gasteiger partial charge in [-0.2, -0.15) is 9.97 Å². The van der Waals surface area contributed by atoms with E-state index in [9.17, 15) is 19.2 Å². The van der Waals surface area contributed by atoms with Gasteiger partial charge in [-0.3, -0.25) is 9.36 Å². The van der Waals surface area contributed by atoms with Crippen molar-refractivity contribution < 1.29 is 38.1 Å². The summed E-state index contributed by atoms with van der Waals surface area (Å²) >= 11 is 0. The molecule has 0 spiro atoms. The highest BCUT2D eigenvalue weighted by atomic mass is 16.7. The average Bonchev–Trinajstić information content (AvgIpc) is 3.52. The van der Waals surface area contributed by atoms with Crippen LogP contribution in [0.2, 0.25) is 0 Å². The van der Waals surface area contributed by atoms with Crippen LogP contribution in [0.5, 0.6) is 5.88 Å². The van der Waals surface area contributed by atoms with Crippen molar-refractivity contribution in [1.29, 1.82) is 0 Å². The number of nitrogen functional groups attached to an aromatic ring is 1. The number of aromatic nitrogens is 4. The third-order valence-corrected chi connectivity index (χ3v) is 8.27. The van der Waals surface area contributed by atoms with Gasteiger partial charge in [0.1, 0.15) is 19.3 Å². The first-order valence-corrected chi connectivity index (χ1v) is 16.5. The van der Waals surface area contributed by atoms with Gasteiger partial charge in [-0.15, -0.1) is 0 Å². The lowest BCUT2D eigenvalue weighted by Crippen LogP contribution is -2.42. The fraction of sp³-hybridized carbons (Fsp3) is 0.154. The van der Waals surface area contributed by atoms with E-state index in [1.807, 2.05) is 30.3 Å². The van der Waals surface area contributed by atoms with Crippen molar-refractivity contribution in [2.24, 2.45) is 0 Å². The van der Waals surface area contributed by atoms with Gasteiger partial charge in [0.25, 0.3) is 5.56 Å². The average molecular weight is 714 g/mol. The maximum absolute atomic E-state index is 13.8. The summed E-state index contributed by atoms with van der Waals surface area (Å²) in [6.07, 6.45) is -4.66. The molecule has 1 aliphatic rings. The molecule has 7 rings (SSSR count). The first-order chi connectivity index (χ1) is 25.9. The summed E-state index contributed by atoms with van der Waals surface area (Å²) in [5, 5.41) is 0. The first kappa shape index (κ1) is 34.5. The third kappa shape index (κ3) is 7.72. The summed E-state index contributed by atoms with van der Waals surface area (Å²) in [5.74, 6) is -2.55. The molecule has 3 heterocycles. The minimum atomic E-state index is -1.51. The smallest absolute Gasteiger partial charge is 0.338 e. The number of nitrogens with two attached hydrogens (primary N) is 1. The van der Waals surface area contributed by atoms with Crippen molar-refractivity contribution in [3.8, 4) is 5.88 Å². The van der Waals surface area contributed by atoms with E-state index >= 15 is 0 Å². The Kier molecular flexibility index (Phi) is 10.1.